The van der Waals surface area contributed by atoms with Gasteiger partial charge in [-0.2, -0.15) is 18.3 Å². The molecule has 0 fully saturated rings. The number of aromatic nitrogens is 2. The van der Waals surface area contributed by atoms with Crippen LogP contribution in [0.4, 0.5) is 13.2 Å². The van der Waals surface area contributed by atoms with Crippen LogP contribution in [0.5, 0.6) is 0 Å². The van der Waals surface area contributed by atoms with Gasteiger partial charge in [0.25, 0.3) is 0 Å². The van der Waals surface area contributed by atoms with Gasteiger partial charge in [-0.1, -0.05) is 30.3 Å². The van der Waals surface area contributed by atoms with E-state index in [9.17, 15) is 18.0 Å². The highest BCUT2D eigenvalue weighted by Crippen LogP contribution is 2.34. The predicted octanol–water partition coefficient (Wildman–Crippen LogP) is 3.02. The lowest BCUT2D eigenvalue weighted by molar-refractivity contribution is -0.142. The minimum atomic E-state index is -4.51. The molecule has 5 nitrogen and oxygen atoms in total. The molecule has 146 valence electrons. The van der Waals surface area contributed by atoms with Gasteiger partial charge in [0, 0.05) is 30.0 Å². The van der Waals surface area contributed by atoms with E-state index in [4.69, 9.17) is 4.74 Å². The van der Waals surface area contributed by atoms with Crippen LogP contribution in [0.15, 0.2) is 30.3 Å². The Morgan fingerprint density at radius 2 is 2.07 bits per heavy atom. The zero-order valence-electron chi connectivity index (χ0n) is 14.6. The van der Waals surface area contributed by atoms with E-state index in [-0.39, 0.29) is 31.2 Å². The van der Waals surface area contributed by atoms with E-state index in [1.807, 2.05) is 30.3 Å². The summed E-state index contributed by atoms with van der Waals surface area (Å²) in [5.74, 6) is 0.889. The Kier molecular flexibility index (Phi) is 6.43. The molecule has 1 aliphatic heterocycles. The van der Waals surface area contributed by atoms with E-state index in [0.29, 0.717) is 24.5 Å². The molecule has 0 unspecified atom stereocenters. The lowest BCUT2D eigenvalue weighted by Gasteiger charge is -2.15. The number of hydrogen-bond acceptors (Lipinski definition) is 4. The van der Waals surface area contributed by atoms with Crippen molar-refractivity contribution in [3.63, 3.8) is 0 Å². The summed E-state index contributed by atoms with van der Waals surface area (Å²) in [7, 11) is 0. The van der Waals surface area contributed by atoms with Crippen LogP contribution in [0.1, 0.15) is 22.5 Å². The first-order valence-corrected chi connectivity index (χ1v) is 9.72. The first kappa shape index (κ1) is 19.8. The molecular formula is C18H20F3N3O2S. The Labute approximate surface area is 159 Å². The fourth-order valence-corrected chi connectivity index (χ4v) is 3.73. The van der Waals surface area contributed by atoms with Crippen molar-refractivity contribution < 1.29 is 22.7 Å². The molecule has 27 heavy (non-hydrogen) atoms. The maximum atomic E-state index is 13.1. The Morgan fingerprint density at radius 3 is 2.81 bits per heavy atom. The number of rotatable bonds is 7. The van der Waals surface area contributed by atoms with Crippen LogP contribution in [0.25, 0.3) is 0 Å². The molecule has 0 aliphatic carbocycles. The van der Waals surface area contributed by atoms with Gasteiger partial charge in [0.2, 0.25) is 5.91 Å². The molecule has 1 aromatic heterocycles. The van der Waals surface area contributed by atoms with Crippen molar-refractivity contribution in [2.45, 2.75) is 31.5 Å². The smallest absolute Gasteiger partial charge is 0.376 e. The van der Waals surface area contributed by atoms with E-state index in [2.05, 4.69) is 10.4 Å². The van der Waals surface area contributed by atoms with Crippen LogP contribution < -0.4 is 5.32 Å². The van der Waals surface area contributed by atoms with Crippen LogP contribution in [0.3, 0.4) is 0 Å². The van der Waals surface area contributed by atoms with Gasteiger partial charge in [-0.3, -0.25) is 9.48 Å². The van der Waals surface area contributed by atoms with Crippen molar-refractivity contribution in [3.8, 4) is 0 Å². The normalized spacial score (nSPS) is 14.0. The third kappa shape index (κ3) is 5.26. The third-order valence-corrected chi connectivity index (χ3v) is 5.16. The summed E-state index contributed by atoms with van der Waals surface area (Å²) < 4.78 is 45.8. The highest BCUT2D eigenvalue weighted by molar-refractivity contribution is 7.99. The molecule has 1 amide bonds. The number of ether oxygens (including phenoxy) is 1. The molecule has 2 heterocycles. The lowest BCUT2D eigenvalue weighted by atomic mass is 10.1. The zero-order chi connectivity index (χ0) is 19.3. The average Bonchev–Trinajstić information content (AvgIpc) is 3.02. The van der Waals surface area contributed by atoms with Gasteiger partial charge in [-0.25, -0.2) is 0 Å². The van der Waals surface area contributed by atoms with Crippen molar-refractivity contribution in [2.24, 2.45) is 0 Å². The Balaban J connectivity index is 1.49. The number of alkyl halides is 3. The molecule has 9 heteroatoms. The summed E-state index contributed by atoms with van der Waals surface area (Å²) in [5.41, 5.74) is 0.905. The Hall–Kier alpha value is -2.00. The molecule has 0 radical (unpaired) electrons. The van der Waals surface area contributed by atoms with Gasteiger partial charge in [0.15, 0.2) is 5.69 Å². The average molecular weight is 399 g/mol. The van der Waals surface area contributed by atoms with E-state index in [1.54, 1.807) is 0 Å². The van der Waals surface area contributed by atoms with E-state index >= 15 is 0 Å². The van der Waals surface area contributed by atoms with Crippen molar-refractivity contribution in [3.05, 3.63) is 52.8 Å². The number of amides is 1. The quantitative estimate of drug-likeness (QED) is 0.778. The first-order valence-electron chi connectivity index (χ1n) is 8.57. The molecule has 0 atom stereocenters. The van der Waals surface area contributed by atoms with E-state index in [1.165, 1.54) is 16.4 Å². The fraction of sp³-hybridized carbons (Fsp3) is 0.444. The van der Waals surface area contributed by atoms with E-state index in [0.717, 1.165) is 11.3 Å². The highest BCUT2D eigenvalue weighted by atomic mass is 32.2. The number of nitrogens with zero attached hydrogens (tertiary/aromatic N) is 2. The number of hydrogen-bond donors (Lipinski definition) is 1. The second-order valence-corrected chi connectivity index (χ2v) is 7.11. The maximum Gasteiger partial charge on any atom is 0.435 e. The molecule has 1 N–H and O–H groups in total. The number of carbonyl (C=O) groups is 1. The minimum Gasteiger partial charge on any atom is -0.376 e. The molecule has 1 aliphatic rings. The lowest BCUT2D eigenvalue weighted by Crippen LogP contribution is -2.29. The van der Waals surface area contributed by atoms with Crippen molar-refractivity contribution in [1.29, 1.82) is 0 Å². The van der Waals surface area contributed by atoms with Crippen molar-refractivity contribution in [1.82, 2.24) is 15.1 Å². The minimum absolute atomic E-state index is 0.0767. The van der Waals surface area contributed by atoms with Crippen LogP contribution in [-0.4, -0.2) is 34.6 Å². The van der Waals surface area contributed by atoms with Gasteiger partial charge in [-0.15, -0.1) is 11.8 Å². The number of carbonyl (C=O) groups excluding carboxylic acids is 1. The largest absolute Gasteiger partial charge is 0.435 e. The van der Waals surface area contributed by atoms with Gasteiger partial charge in [0.1, 0.15) is 0 Å². The van der Waals surface area contributed by atoms with Gasteiger partial charge >= 0.3 is 6.18 Å². The fourth-order valence-electron chi connectivity index (χ4n) is 2.91. The van der Waals surface area contributed by atoms with Gasteiger partial charge in [-0.05, 0) is 5.56 Å². The standard InChI is InChI=1S/C18H20F3N3O2S/c19-18(20,21)17-14-10-26-9-6-15(14)24(23-17)8-7-22-16(25)12-27-11-13-4-2-1-3-5-13/h1-5H,6-12H2,(H,22,25). The number of benzene rings is 1. The highest BCUT2D eigenvalue weighted by Gasteiger charge is 2.39. The molecule has 3 rings (SSSR count). The first-order chi connectivity index (χ1) is 12.9. The summed E-state index contributed by atoms with van der Waals surface area (Å²) in [6.07, 6.45) is -4.12. The molecule has 0 bridgehead atoms. The molecule has 0 saturated heterocycles. The monoisotopic (exact) mass is 399 g/mol. The summed E-state index contributed by atoms with van der Waals surface area (Å²) in [6, 6.07) is 9.81. The third-order valence-electron chi connectivity index (χ3n) is 4.16. The van der Waals surface area contributed by atoms with Crippen LogP contribution in [0, 0.1) is 0 Å². The maximum absolute atomic E-state index is 13.1. The second kappa shape index (κ2) is 8.79. The summed E-state index contributed by atoms with van der Waals surface area (Å²) in [6.45, 7) is 0.732. The SMILES string of the molecule is O=C(CSCc1ccccc1)NCCn1nc(C(F)(F)F)c2c1CCOC2. The topological polar surface area (TPSA) is 56.2 Å². The molecule has 0 saturated carbocycles. The number of halogens is 3. The van der Waals surface area contributed by atoms with Gasteiger partial charge in [0.05, 0.1) is 25.5 Å². The molecule has 2 aromatic rings. The number of fused-ring (bicyclic) bond motifs is 1. The molecular weight excluding hydrogens is 379 g/mol. The predicted molar refractivity (Wildman–Crippen MR) is 96.2 cm³/mol. The van der Waals surface area contributed by atoms with E-state index < -0.39 is 11.9 Å². The van der Waals surface area contributed by atoms with Gasteiger partial charge < -0.3 is 10.1 Å². The van der Waals surface area contributed by atoms with Crippen LogP contribution in [0.2, 0.25) is 0 Å². The summed E-state index contributed by atoms with van der Waals surface area (Å²) >= 11 is 1.49. The Morgan fingerprint density at radius 1 is 1.30 bits per heavy atom. The van der Waals surface area contributed by atoms with Crippen molar-refractivity contribution >= 4 is 17.7 Å². The zero-order valence-corrected chi connectivity index (χ0v) is 15.4. The summed E-state index contributed by atoms with van der Waals surface area (Å²) in [5, 5.41) is 6.46. The second-order valence-electron chi connectivity index (χ2n) is 6.13. The number of nitrogens with one attached hydrogen (secondary N) is 1. The molecule has 0 spiro atoms. The van der Waals surface area contributed by atoms with Crippen LogP contribution >= 0.6 is 11.8 Å². The Bertz CT molecular complexity index is 778. The number of thioether (sulfide) groups is 1. The van der Waals surface area contributed by atoms with Crippen LogP contribution in [-0.2, 0) is 41.0 Å². The summed E-state index contributed by atoms with van der Waals surface area (Å²) in [4.78, 5) is 11.9. The molecule has 1 aromatic carbocycles. The van der Waals surface area contributed by atoms with Crippen molar-refractivity contribution in [2.75, 3.05) is 18.9 Å².